The molecule has 0 saturated carbocycles. The van der Waals surface area contributed by atoms with E-state index in [1.807, 2.05) is 0 Å². The van der Waals surface area contributed by atoms with Crippen molar-refractivity contribution >= 4 is 11.9 Å². The van der Waals surface area contributed by atoms with E-state index in [0.717, 1.165) is 0 Å². The smallest absolute Gasteiger partial charge is 0.769 e. The van der Waals surface area contributed by atoms with Gasteiger partial charge in [-0.1, -0.05) is 0 Å². The molecular formula is H2ClLiO2. The van der Waals surface area contributed by atoms with Gasteiger partial charge in [-0.05, 0) is 0 Å². The first kappa shape index (κ1) is 21.3. The summed E-state index contributed by atoms with van der Waals surface area (Å²) in [5, 5.41) is 0. The first-order chi connectivity index (χ1) is 1.00. The Labute approximate surface area is 41.4 Å². The van der Waals surface area contributed by atoms with Crippen LogP contribution in [0.2, 0.25) is 0 Å². The first-order valence-corrected chi connectivity index (χ1v) is 0.463. The van der Waals surface area contributed by atoms with Crippen LogP contribution in [-0.4, -0.2) is 5.48 Å². The zero-order valence-electron chi connectivity index (χ0n) is 2.29. The second-order valence-electron chi connectivity index (χ2n) is 0. The molecular weight excluding hydrogens is 74.4 g/mol. The molecule has 0 radical (unpaired) electrons. The molecule has 0 rings (SSSR count). The van der Waals surface area contributed by atoms with Crippen molar-refractivity contribution < 1.29 is 29.0 Å². The number of halogens is 1. The third-order valence-corrected chi connectivity index (χ3v) is 0. The van der Waals surface area contributed by atoms with E-state index in [-0.39, 0.29) is 24.3 Å². The van der Waals surface area contributed by atoms with Gasteiger partial charge in [0.15, 0.2) is 0 Å². The van der Waals surface area contributed by atoms with Crippen LogP contribution in [0.15, 0.2) is 0 Å². The van der Waals surface area contributed by atoms with Crippen LogP contribution in [0, 0.1) is 0 Å². The molecule has 2 N–H and O–H groups in total. The Morgan fingerprint density at radius 2 is 1.25 bits per heavy atom. The summed E-state index contributed by atoms with van der Waals surface area (Å²) in [6, 6.07) is 0. The molecule has 0 aromatic carbocycles. The number of hydrogen-bond donors (Lipinski definition) is 0. The molecule has 0 amide bonds. The minimum absolute atomic E-state index is 0. The molecule has 0 aliphatic carbocycles. The van der Waals surface area contributed by atoms with Crippen LogP contribution in [0.5, 0.6) is 0 Å². The maximum atomic E-state index is 7.72. The predicted molar refractivity (Wildman–Crippen MR) is 9.47 cm³/mol. The quantitative estimate of drug-likeness (QED) is 0.269. The Morgan fingerprint density at radius 3 is 1.25 bits per heavy atom. The van der Waals surface area contributed by atoms with Crippen LogP contribution < -0.4 is 23.5 Å². The topological polar surface area (TPSA) is 54.6 Å². The maximum Gasteiger partial charge on any atom is 1.00 e. The van der Waals surface area contributed by atoms with Crippen molar-refractivity contribution in [2.45, 2.75) is 0 Å². The van der Waals surface area contributed by atoms with E-state index in [0.29, 0.717) is 0 Å². The second kappa shape index (κ2) is 46.0. The fourth-order valence-corrected chi connectivity index (χ4v) is 0. The number of hydrogen-bond acceptors (Lipinski definition) is 1. The van der Waals surface area contributed by atoms with Gasteiger partial charge in [-0.2, -0.15) is 0 Å². The Morgan fingerprint density at radius 1 is 1.25 bits per heavy atom. The minimum atomic E-state index is 0. The van der Waals surface area contributed by atoms with Crippen LogP contribution in [0.3, 0.4) is 0 Å². The van der Waals surface area contributed by atoms with E-state index < -0.39 is 0 Å². The van der Waals surface area contributed by atoms with E-state index in [4.69, 9.17) is 4.66 Å². The van der Waals surface area contributed by atoms with Crippen molar-refractivity contribution in [1.82, 2.24) is 0 Å². The monoisotopic (exact) mass is 76.0 g/mol. The van der Waals surface area contributed by atoms with E-state index in [1.165, 1.54) is 0 Å². The second-order valence-corrected chi connectivity index (χ2v) is 0. The van der Waals surface area contributed by atoms with Gasteiger partial charge in [-0.15, -0.1) is 0 Å². The van der Waals surface area contributed by atoms with Gasteiger partial charge in [0.05, 0.1) is 0 Å². The average Bonchev–Trinajstić information content (AvgIpc) is 1.00. The van der Waals surface area contributed by atoms with Crippen molar-refractivity contribution in [3.05, 3.63) is 0 Å². The predicted octanol–water partition coefficient (Wildman–Crippen LogP) is -4.32. The Balaban J connectivity index is -0.00000000500. The van der Waals surface area contributed by atoms with E-state index in [2.05, 4.69) is 11.9 Å². The van der Waals surface area contributed by atoms with Gasteiger partial charge >= 0.3 is 18.9 Å². The van der Waals surface area contributed by atoms with Crippen molar-refractivity contribution in [2.75, 3.05) is 0 Å². The largest absolute Gasteiger partial charge is 1.00 e. The third kappa shape index (κ3) is 14.1. The average molecular weight is 76.4 g/mol. The van der Waals surface area contributed by atoms with Crippen molar-refractivity contribution in [1.29, 1.82) is 0 Å². The first-order valence-electron chi connectivity index (χ1n) is 0.154. The summed E-state index contributed by atoms with van der Waals surface area (Å²) < 4.78 is 7.72. The van der Waals surface area contributed by atoms with Crippen LogP contribution in [-0.2, 0) is 0 Å². The molecule has 0 unspecified atom stereocenters. The Bertz CT molecular complexity index is 6.00. The van der Waals surface area contributed by atoms with Crippen molar-refractivity contribution in [2.24, 2.45) is 0 Å². The molecule has 0 bridgehead atoms. The molecule has 4 heavy (non-hydrogen) atoms. The summed E-state index contributed by atoms with van der Waals surface area (Å²) in [6.07, 6.45) is 0. The van der Waals surface area contributed by atoms with Gasteiger partial charge in [0, 0.05) is 0 Å². The molecule has 0 aromatic heterocycles. The summed E-state index contributed by atoms with van der Waals surface area (Å²) in [5.41, 5.74) is 0. The summed E-state index contributed by atoms with van der Waals surface area (Å²) in [6.45, 7) is 0. The zero-order valence-corrected chi connectivity index (χ0v) is 3.04. The molecule has 0 saturated heterocycles. The molecule has 0 aliphatic rings. The summed E-state index contributed by atoms with van der Waals surface area (Å²) >= 11 is 3.39. The molecule has 0 spiro atoms. The van der Waals surface area contributed by atoms with Gasteiger partial charge in [-0.3, -0.25) is 0 Å². The van der Waals surface area contributed by atoms with Crippen molar-refractivity contribution in [3.63, 3.8) is 0 Å². The molecule has 2 nitrogen and oxygen atoms in total. The third-order valence-electron chi connectivity index (χ3n) is 0. The van der Waals surface area contributed by atoms with Crippen LogP contribution in [0.4, 0.5) is 0 Å². The fourth-order valence-electron chi connectivity index (χ4n) is 0. The molecule has 0 heterocycles. The van der Waals surface area contributed by atoms with Gasteiger partial charge in [-0.25, -0.2) is 11.9 Å². The van der Waals surface area contributed by atoms with Gasteiger partial charge < -0.3 is 10.1 Å². The molecule has 0 aliphatic heterocycles. The van der Waals surface area contributed by atoms with Crippen LogP contribution in [0.1, 0.15) is 0 Å². The van der Waals surface area contributed by atoms with Crippen LogP contribution >= 0.6 is 11.9 Å². The zero-order chi connectivity index (χ0) is 2.00. The van der Waals surface area contributed by atoms with E-state index in [9.17, 15) is 0 Å². The molecule has 22 valence electrons. The number of rotatable bonds is 0. The Hall–Kier alpha value is 0.807. The standard InChI is InChI=1S/ClO.Li.H2O/c1-2;;/h;;1H2/q-1;+1;. The molecule has 0 fully saturated rings. The van der Waals surface area contributed by atoms with Gasteiger partial charge in [0.25, 0.3) is 0 Å². The molecule has 0 aromatic rings. The van der Waals surface area contributed by atoms with Crippen molar-refractivity contribution in [3.8, 4) is 0 Å². The minimum Gasteiger partial charge on any atom is -0.769 e. The summed E-state index contributed by atoms with van der Waals surface area (Å²) in [7, 11) is 0. The van der Waals surface area contributed by atoms with Crippen LogP contribution in [0.25, 0.3) is 0 Å². The summed E-state index contributed by atoms with van der Waals surface area (Å²) in [4.78, 5) is 0. The van der Waals surface area contributed by atoms with E-state index in [1.54, 1.807) is 0 Å². The molecule has 0 atom stereocenters. The molecule has 4 heteroatoms. The van der Waals surface area contributed by atoms with Gasteiger partial charge in [0.1, 0.15) is 0 Å². The maximum absolute atomic E-state index is 7.72. The van der Waals surface area contributed by atoms with Gasteiger partial charge in [0.2, 0.25) is 0 Å². The SMILES string of the molecule is O.[Li+].[O-]Cl. The summed E-state index contributed by atoms with van der Waals surface area (Å²) in [5.74, 6) is 0. The normalized spacial score (nSPS) is 1.50. The fraction of sp³-hybridized carbons (Fsp3) is 0. The Kier molecular flexibility index (Phi) is 246. The van der Waals surface area contributed by atoms with E-state index >= 15 is 0 Å².